The van der Waals surface area contributed by atoms with Crippen LogP contribution in [0.1, 0.15) is 33.7 Å². The molecule has 2 saturated heterocycles. The van der Waals surface area contributed by atoms with E-state index in [2.05, 4.69) is 15.5 Å². The number of hydrogen-bond donors (Lipinski definition) is 1. The normalized spacial score (nSPS) is 16.7. The van der Waals surface area contributed by atoms with Crippen LogP contribution in [0.4, 0.5) is 0 Å². The second kappa shape index (κ2) is 12.4. The van der Waals surface area contributed by atoms with Crippen molar-refractivity contribution in [3.8, 4) is 17.6 Å². The van der Waals surface area contributed by atoms with Gasteiger partial charge in [0.05, 0.1) is 41.4 Å². The quantitative estimate of drug-likeness (QED) is 0.274. The second-order valence-electron chi connectivity index (χ2n) is 10.1. The highest BCUT2D eigenvalue weighted by Gasteiger charge is 2.31. The SMILES string of the molecule is N#Cc1cc(Cl)ccc1OCc1cccc(OC2CN(Cc3nc4ccc(C(=O)O)cc4n3C[C@@H]3CCO3)C2)c1.S. The van der Waals surface area contributed by atoms with E-state index >= 15 is 0 Å². The number of nitriles is 1. The Kier molecular flexibility index (Phi) is 8.71. The van der Waals surface area contributed by atoms with Crippen molar-refractivity contribution in [3.63, 3.8) is 0 Å². The Labute approximate surface area is 249 Å². The molecule has 212 valence electrons. The van der Waals surface area contributed by atoms with Crippen molar-refractivity contribution in [1.82, 2.24) is 14.5 Å². The van der Waals surface area contributed by atoms with Crippen molar-refractivity contribution in [2.24, 2.45) is 0 Å². The van der Waals surface area contributed by atoms with Crippen LogP contribution in [-0.4, -0.2) is 57.4 Å². The Bertz CT molecular complexity index is 1610. The van der Waals surface area contributed by atoms with Gasteiger partial charge in [-0.25, -0.2) is 9.78 Å². The predicted octanol–water partition coefficient (Wildman–Crippen LogP) is 5.00. The molecule has 11 heteroatoms. The summed E-state index contributed by atoms with van der Waals surface area (Å²) in [5.41, 5.74) is 3.18. The van der Waals surface area contributed by atoms with Crippen molar-refractivity contribution in [1.29, 1.82) is 5.26 Å². The number of carbonyl (C=O) groups is 1. The van der Waals surface area contributed by atoms with Gasteiger partial charge in [-0.15, -0.1) is 0 Å². The number of benzene rings is 3. The number of imidazole rings is 1. The van der Waals surface area contributed by atoms with Crippen LogP contribution in [0.15, 0.2) is 60.7 Å². The lowest BCUT2D eigenvalue weighted by Crippen LogP contribution is -2.53. The molecule has 2 aliphatic rings. The van der Waals surface area contributed by atoms with Gasteiger partial charge in [-0.05, 0) is 60.5 Å². The summed E-state index contributed by atoms with van der Waals surface area (Å²) in [4.78, 5) is 18.6. The van der Waals surface area contributed by atoms with Crippen LogP contribution < -0.4 is 9.47 Å². The summed E-state index contributed by atoms with van der Waals surface area (Å²) in [6, 6.07) is 19.9. The monoisotopic (exact) mass is 592 g/mol. The molecule has 3 heterocycles. The number of halogens is 1. The molecule has 6 rings (SSSR count). The molecule has 2 aliphatic heterocycles. The number of fused-ring (bicyclic) bond motifs is 1. The van der Waals surface area contributed by atoms with Crippen LogP contribution in [0.3, 0.4) is 0 Å². The lowest BCUT2D eigenvalue weighted by Gasteiger charge is -2.39. The molecule has 3 aromatic carbocycles. The molecular weight excluding hydrogens is 564 g/mol. The van der Waals surface area contributed by atoms with Gasteiger partial charge < -0.3 is 23.9 Å². The van der Waals surface area contributed by atoms with Crippen LogP contribution in [0.5, 0.6) is 11.5 Å². The Morgan fingerprint density at radius 3 is 2.73 bits per heavy atom. The van der Waals surface area contributed by atoms with E-state index in [-0.39, 0.29) is 31.3 Å². The molecule has 41 heavy (non-hydrogen) atoms. The molecule has 1 N–H and O–H groups in total. The van der Waals surface area contributed by atoms with Crippen LogP contribution in [0.25, 0.3) is 11.0 Å². The first-order valence-electron chi connectivity index (χ1n) is 13.1. The maximum atomic E-state index is 11.5. The third kappa shape index (κ3) is 6.44. The highest BCUT2D eigenvalue weighted by atomic mass is 35.5. The molecule has 0 bridgehead atoms. The van der Waals surface area contributed by atoms with Crippen molar-refractivity contribution < 1.29 is 24.1 Å². The average Bonchev–Trinajstić information content (AvgIpc) is 3.24. The Balaban J connectivity index is 0.00000337. The van der Waals surface area contributed by atoms with Gasteiger partial charge in [0, 0.05) is 24.7 Å². The largest absolute Gasteiger partial charge is 0.488 e. The number of ether oxygens (including phenoxy) is 3. The predicted molar refractivity (Wildman–Crippen MR) is 158 cm³/mol. The van der Waals surface area contributed by atoms with Gasteiger partial charge in [0.25, 0.3) is 0 Å². The Morgan fingerprint density at radius 2 is 2.00 bits per heavy atom. The summed E-state index contributed by atoms with van der Waals surface area (Å²) in [7, 11) is 0. The number of aromatic carboxylic acids is 1. The van der Waals surface area contributed by atoms with E-state index < -0.39 is 5.97 Å². The van der Waals surface area contributed by atoms with Gasteiger partial charge in [0.2, 0.25) is 0 Å². The molecular formula is C30H29ClN4O5S. The van der Waals surface area contributed by atoms with Gasteiger partial charge >= 0.3 is 5.97 Å². The number of carboxylic acid groups (broad SMARTS) is 1. The summed E-state index contributed by atoms with van der Waals surface area (Å²) < 4.78 is 19.8. The van der Waals surface area contributed by atoms with Gasteiger partial charge in [0.1, 0.15) is 36.1 Å². The summed E-state index contributed by atoms with van der Waals surface area (Å²) in [6.07, 6.45) is 1.16. The summed E-state index contributed by atoms with van der Waals surface area (Å²) in [6.45, 7) is 3.85. The minimum absolute atomic E-state index is 0. The first-order valence-corrected chi connectivity index (χ1v) is 13.5. The molecule has 0 radical (unpaired) electrons. The third-order valence-corrected chi connectivity index (χ3v) is 7.44. The number of likely N-dealkylation sites (tertiary alicyclic amines) is 1. The molecule has 1 atom stereocenters. The van der Waals surface area contributed by atoms with Crippen molar-refractivity contribution in [2.75, 3.05) is 19.7 Å². The van der Waals surface area contributed by atoms with Crippen molar-refractivity contribution in [3.05, 3.63) is 88.2 Å². The fraction of sp³-hybridized carbons (Fsp3) is 0.300. The average molecular weight is 593 g/mol. The Hall–Kier alpha value is -3.75. The molecule has 0 unspecified atom stereocenters. The standard InChI is InChI=1S/C30H27ClN4O5.H2S/c31-22-5-7-28(21(11-22)13-32)39-18-19-2-1-3-23(10-19)40-25-14-34(15-25)17-29-33-26-6-4-20(30(36)37)12-27(26)35(29)16-24-8-9-38-24;/h1-7,10-12,24-25H,8-9,14-18H2,(H,36,37);1H2/t24-;/m0./s1. The smallest absolute Gasteiger partial charge is 0.335 e. The van der Waals surface area contributed by atoms with E-state index in [1.807, 2.05) is 24.3 Å². The van der Waals surface area contributed by atoms with Gasteiger partial charge in [-0.2, -0.15) is 18.8 Å². The molecule has 0 saturated carbocycles. The highest BCUT2D eigenvalue weighted by Crippen LogP contribution is 2.27. The molecule has 4 aromatic rings. The highest BCUT2D eigenvalue weighted by molar-refractivity contribution is 7.59. The zero-order valence-corrected chi connectivity index (χ0v) is 23.9. The molecule has 0 amide bonds. The minimum Gasteiger partial charge on any atom is -0.488 e. The number of hydrogen-bond acceptors (Lipinski definition) is 7. The number of nitrogens with zero attached hydrogens (tertiary/aromatic N) is 4. The van der Waals surface area contributed by atoms with E-state index in [9.17, 15) is 15.2 Å². The van der Waals surface area contributed by atoms with E-state index in [0.29, 0.717) is 36.0 Å². The Morgan fingerprint density at radius 1 is 1.17 bits per heavy atom. The molecule has 0 aliphatic carbocycles. The lowest BCUT2D eigenvalue weighted by atomic mass is 10.1. The fourth-order valence-electron chi connectivity index (χ4n) is 4.97. The van der Waals surface area contributed by atoms with Crippen LogP contribution in [0.2, 0.25) is 5.02 Å². The number of aromatic nitrogens is 2. The first-order chi connectivity index (χ1) is 19.4. The fourth-order valence-corrected chi connectivity index (χ4v) is 5.14. The first kappa shape index (κ1) is 28.8. The summed E-state index contributed by atoms with van der Waals surface area (Å²) in [5.74, 6) is 1.19. The molecule has 0 spiro atoms. The topological polar surface area (TPSA) is 110 Å². The maximum Gasteiger partial charge on any atom is 0.335 e. The second-order valence-corrected chi connectivity index (χ2v) is 10.5. The van der Waals surface area contributed by atoms with Crippen molar-refractivity contribution >= 4 is 42.1 Å². The molecule has 1 aromatic heterocycles. The van der Waals surface area contributed by atoms with Gasteiger partial charge in [-0.1, -0.05) is 23.7 Å². The zero-order valence-electron chi connectivity index (χ0n) is 22.1. The van der Waals surface area contributed by atoms with E-state index in [0.717, 1.165) is 54.3 Å². The number of carboxylic acids is 1. The zero-order chi connectivity index (χ0) is 27.6. The van der Waals surface area contributed by atoms with Gasteiger partial charge in [-0.3, -0.25) is 4.90 Å². The van der Waals surface area contributed by atoms with E-state index in [1.54, 1.807) is 36.4 Å². The third-order valence-electron chi connectivity index (χ3n) is 7.20. The van der Waals surface area contributed by atoms with Crippen LogP contribution in [0, 0.1) is 11.3 Å². The van der Waals surface area contributed by atoms with Crippen molar-refractivity contribution in [2.45, 2.75) is 38.3 Å². The van der Waals surface area contributed by atoms with Crippen LogP contribution >= 0.6 is 25.1 Å². The van der Waals surface area contributed by atoms with E-state index in [1.165, 1.54) is 0 Å². The van der Waals surface area contributed by atoms with E-state index in [4.69, 9.17) is 30.8 Å². The minimum atomic E-state index is -0.952. The van der Waals surface area contributed by atoms with Crippen LogP contribution in [-0.2, 0) is 24.4 Å². The lowest BCUT2D eigenvalue weighted by molar-refractivity contribution is -0.0596. The summed E-state index contributed by atoms with van der Waals surface area (Å²) in [5, 5.41) is 19.3. The maximum absolute atomic E-state index is 11.5. The molecule has 2 fully saturated rings. The summed E-state index contributed by atoms with van der Waals surface area (Å²) >= 11 is 5.97. The molecule has 9 nitrogen and oxygen atoms in total. The van der Waals surface area contributed by atoms with Gasteiger partial charge in [0.15, 0.2) is 0 Å². The number of rotatable bonds is 10.